The average Bonchev–Trinajstić information content (AvgIpc) is 3.39. The fourth-order valence-electron chi connectivity index (χ4n) is 3.93. The Morgan fingerprint density at radius 3 is 2.81 bits per heavy atom. The maximum Gasteiger partial charge on any atom is 0.255 e. The van der Waals surface area contributed by atoms with Gasteiger partial charge in [-0.1, -0.05) is 17.3 Å². The van der Waals surface area contributed by atoms with E-state index in [0.29, 0.717) is 41.6 Å². The number of amides is 3. The summed E-state index contributed by atoms with van der Waals surface area (Å²) in [6, 6.07) is 11.9. The summed E-state index contributed by atoms with van der Waals surface area (Å²) in [5.41, 5.74) is 3.29. The lowest BCUT2D eigenvalue weighted by atomic mass is 10.0. The summed E-state index contributed by atoms with van der Waals surface area (Å²) in [5, 5.41) is 6.40. The van der Waals surface area contributed by atoms with E-state index in [2.05, 4.69) is 15.5 Å². The highest BCUT2D eigenvalue weighted by Crippen LogP contribution is 2.32. The molecule has 1 unspecified atom stereocenters. The SMILES string of the molecule is COc1cccc(-c2cc(-c3ccc4c(c3)CN(C3CCC(=O)NC3=O)C4=O)on2)n1. The van der Waals surface area contributed by atoms with Crippen LogP contribution in [0.15, 0.2) is 47.0 Å². The van der Waals surface area contributed by atoms with Gasteiger partial charge in [-0.15, -0.1) is 0 Å². The van der Waals surface area contributed by atoms with E-state index in [1.165, 1.54) is 4.90 Å². The van der Waals surface area contributed by atoms with Crippen LogP contribution in [0.4, 0.5) is 0 Å². The molecule has 5 rings (SSSR count). The molecule has 1 atom stereocenters. The van der Waals surface area contributed by atoms with Gasteiger partial charge >= 0.3 is 0 Å². The zero-order valence-corrected chi connectivity index (χ0v) is 16.6. The highest BCUT2D eigenvalue weighted by molar-refractivity contribution is 6.05. The third-order valence-electron chi connectivity index (χ3n) is 5.51. The minimum atomic E-state index is -0.642. The van der Waals surface area contributed by atoms with Crippen LogP contribution in [0.25, 0.3) is 22.7 Å². The number of nitrogens with one attached hydrogen (secondary N) is 1. The molecule has 156 valence electrons. The summed E-state index contributed by atoms with van der Waals surface area (Å²) >= 11 is 0. The summed E-state index contributed by atoms with van der Waals surface area (Å²) in [4.78, 5) is 42.3. The minimum absolute atomic E-state index is 0.213. The summed E-state index contributed by atoms with van der Waals surface area (Å²) in [5.74, 6) is 0.0680. The van der Waals surface area contributed by atoms with Crippen LogP contribution in [0.2, 0.25) is 0 Å². The molecular weight excluding hydrogens is 400 g/mol. The van der Waals surface area contributed by atoms with Gasteiger partial charge in [-0.3, -0.25) is 19.7 Å². The number of hydrogen-bond acceptors (Lipinski definition) is 7. The molecule has 2 aliphatic rings. The van der Waals surface area contributed by atoms with Crippen molar-refractivity contribution in [2.75, 3.05) is 7.11 Å². The average molecular weight is 418 g/mol. The van der Waals surface area contributed by atoms with Crippen molar-refractivity contribution in [2.45, 2.75) is 25.4 Å². The molecule has 0 bridgehead atoms. The zero-order valence-electron chi connectivity index (χ0n) is 16.6. The molecular formula is C22H18N4O5. The van der Waals surface area contributed by atoms with Gasteiger partial charge in [-0.2, -0.15) is 0 Å². The van der Waals surface area contributed by atoms with Crippen molar-refractivity contribution in [1.29, 1.82) is 0 Å². The van der Waals surface area contributed by atoms with Gasteiger partial charge in [0, 0.05) is 36.2 Å². The molecule has 9 heteroatoms. The third kappa shape index (κ3) is 3.33. The van der Waals surface area contributed by atoms with Gasteiger partial charge in [-0.25, -0.2) is 4.98 Å². The lowest BCUT2D eigenvalue weighted by Crippen LogP contribution is -2.52. The number of ether oxygens (including phenoxy) is 1. The maximum absolute atomic E-state index is 12.8. The molecule has 9 nitrogen and oxygen atoms in total. The standard InChI is InChI=1S/C22H18N4O5/c1-30-20-4-2-3-15(23-20)16-10-18(31-25-16)12-5-6-14-13(9-12)11-26(22(14)29)17-7-8-19(27)24-21(17)28/h2-6,9-10,17H,7-8,11H2,1H3,(H,24,27,28). The Hall–Kier alpha value is -4.01. The van der Waals surface area contributed by atoms with Gasteiger partial charge in [0.05, 0.1) is 12.8 Å². The number of nitrogens with zero attached hydrogens (tertiary/aromatic N) is 3. The second kappa shape index (κ2) is 7.35. The summed E-state index contributed by atoms with van der Waals surface area (Å²) < 4.78 is 10.7. The molecule has 4 heterocycles. The molecule has 1 fully saturated rings. The highest BCUT2D eigenvalue weighted by Gasteiger charge is 2.39. The first-order valence-corrected chi connectivity index (χ1v) is 9.79. The molecule has 0 saturated carbocycles. The van der Waals surface area contributed by atoms with Gasteiger partial charge < -0.3 is 14.2 Å². The Balaban J connectivity index is 1.40. The molecule has 0 radical (unpaired) electrons. The van der Waals surface area contributed by atoms with Crippen molar-refractivity contribution in [3.8, 4) is 28.6 Å². The van der Waals surface area contributed by atoms with E-state index < -0.39 is 11.9 Å². The topological polar surface area (TPSA) is 115 Å². The van der Waals surface area contributed by atoms with E-state index >= 15 is 0 Å². The molecule has 2 aromatic heterocycles. The Morgan fingerprint density at radius 2 is 2.00 bits per heavy atom. The van der Waals surface area contributed by atoms with Gasteiger partial charge in [0.2, 0.25) is 17.7 Å². The predicted molar refractivity (Wildman–Crippen MR) is 108 cm³/mol. The molecule has 0 spiro atoms. The van der Waals surface area contributed by atoms with E-state index in [9.17, 15) is 14.4 Å². The molecule has 2 aliphatic heterocycles. The molecule has 0 aliphatic carbocycles. The monoisotopic (exact) mass is 418 g/mol. The van der Waals surface area contributed by atoms with Crippen molar-refractivity contribution in [3.05, 3.63) is 53.6 Å². The number of carbonyl (C=O) groups excluding carboxylic acids is 3. The quantitative estimate of drug-likeness (QED) is 0.646. The van der Waals surface area contributed by atoms with Crippen molar-refractivity contribution < 1.29 is 23.6 Å². The molecule has 1 aromatic carbocycles. The number of fused-ring (bicyclic) bond motifs is 1. The minimum Gasteiger partial charge on any atom is -0.481 e. The van der Waals surface area contributed by atoms with Crippen LogP contribution in [0.3, 0.4) is 0 Å². The molecule has 31 heavy (non-hydrogen) atoms. The van der Waals surface area contributed by atoms with Crippen LogP contribution in [0, 0.1) is 0 Å². The van der Waals surface area contributed by atoms with Gasteiger partial charge in [0.1, 0.15) is 11.7 Å². The first-order valence-electron chi connectivity index (χ1n) is 9.79. The smallest absolute Gasteiger partial charge is 0.255 e. The number of imide groups is 1. The normalized spacial score (nSPS) is 18.2. The Bertz CT molecular complexity index is 1220. The number of pyridine rings is 1. The van der Waals surface area contributed by atoms with Crippen molar-refractivity contribution in [2.24, 2.45) is 0 Å². The van der Waals surface area contributed by atoms with Crippen molar-refractivity contribution in [1.82, 2.24) is 20.4 Å². The Morgan fingerprint density at radius 1 is 1.13 bits per heavy atom. The largest absolute Gasteiger partial charge is 0.481 e. The van der Waals surface area contributed by atoms with E-state index in [1.54, 1.807) is 31.4 Å². The van der Waals surface area contributed by atoms with E-state index in [0.717, 1.165) is 11.1 Å². The number of rotatable bonds is 4. The number of piperidine rings is 1. The summed E-state index contributed by atoms with van der Waals surface area (Å²) in [6.45, 7) is 0.298. The molecule has 1 saturated heterocycles. The second-order valence-electron chi connectivity index (χ2n) is 7.41. The number of aromatic nitrogens is 2. The second-order valence-corrected chi connectivity index (χ2v) is 7.41. The van der Waals surface area contributed by atoms with Crippen LogP contribution in [0.5, 0.6) is 5.88 Å². The predicted octanol–water partition coefficient (Wildman–Crippen LogP) is 2.17. The van der Waals surface area contributed by atoms with Crippen LogP contribution < -0.4 is 10.1 Å². The lowest BCUT2D eigenvalue weighted by Gasteiger charge is -2.29. The number of methoxy groups -OCH3 is 1. The fraction of sp³-hybridized carbons (Fsp3) is 0.227. The van der Waals surface area contributed by atoms with Crippen LogP contribution in [-0.2, 0) is 16.1 Å². The Kier molecular flexibility index (Phi) is 4.50. The van der Waals surface area contributed by atoms with Gasteiger partial charge in [0.25, 0.3) is 5.91 Å². The highest BCUT2D eigenvalue weighted by atomic mass is 16.5. The number of carbonyl (C=O) groups is 3. The number of hydrogen-bond donors (Lipinski definition) is 1. The molecule has 3 amide bonds. The van der Waals surface area contributed by atoms with Crippen LogP contribution >= 0.6 is 0 Å². The summed E-state index contributed by atoms with van der Waals surface area (Å²) in [6.07, 6.45) is 0.553. The van der Waals surface area contributed by atoms with Crippen LogP contribution in [-0.4, -0.2) is 45.9 Å². The van der Waals surface area contributed by atoms with E-state index in [4.69, 9.17) is 9.26 Å². The lowest BCUT2D eigenvalue weighted by molar-refractivity contribution is -0.136. The fourth-order valence-corrected chi connectivity index (χ4v) is 3.93. The zero-order chi connectivity index (χ0) is 21.5. The van der Waals surface area contributed by atoms with Gasteiger partial charge in [-0.05, 0) is 30.2 Å². The van der Waals surface area contributed by atoms with E-state index in [-0.39, 0.29) is 18.2 Å². The third-order valence-corrected chi connectivity index (χ3v) is 5.51. The van der Waals surface area contributed by atoms with Crippen molar-refractivity contribution in [3.63, 3.8) is 0 Å². The first kappa shape index (κ1) is 19.0. The maximum atomic E-state index is 12.8. The molecule has 3 aromatic rings. The summed E-state index contributed by atoms with van der Waals surface area (Å²) in [7, 11) is 1.55. The van der Waals surface area contributed by atoms with Crippen LogP contribution in [0.1, 0.15) is 28.8 Å². The van der Waals surface area contributed by atoms with E-state index in [1.807, 2.05) is 18.2 Å². The molecule has 1 N–H and O–H groups in total. The van der Waals surface area contributed by atoms with Crippen molar-refractivity contribution >= 4 is 17.7 Å². The first-order chi connectivity index (χ1) is 15.0. The van der Waals surface area contributed by atoms with Gasteiger partial charge in [0.15, 0.2) is 5.76 Å². The Labute approximate surface area is 177 Å². The number of benzene rings is 1.